The van der Waals surface area contributed by atoms with Gasteiger partial charge in [-0.1, -0.05) is 18.2 Å². The zero-order valence-corrected chi connectivity index (χ0v) is 13.9. The van der Waals surface area contributed by atoms with E-state index in [9.17, 15) is 9.18 Å². The van der Waals surface area contributed by atoms with E-state index in [0.717, 1.165) is 29.9 Å². The Balaban J connectivity index is 1.70. The lowest BCUT2D eigenvalue weighted by Crippen LogP contribution is -2.16. The van der Waals surface area contributed by atoms with Crippen molar-refractivity contribution in [2.45, 2.75) is 19.3 Å². The van der Waals surface area contributed by atoms with Crippen molar-refractivity contribution in [2.24, 2.45) is 12.0 Å². The van der Waals surface area contributed by atoms with E-state index in [0.29, 0.717) is 10.4 Å². The minimum absolute atomic E-state index is 0.0355. The number of amides is 1. The molecule has 3 aromatic rings. The van der Waals surface area contributed by atoms with Crippen LogP contribution < -0.4 is 4.80 Å². The van der Waals surface area contributed by atoms with Gasteiger partial charge >= 0.3 is 0 Å². The van der Waals surface area contributed by atoms with Gasteiger partial charge in [-0.2, -0.15) is 4.99 Å². The summed E-state index contributed by atoms with van der Waals surface area (Å²) in [5, 5.41) is 0. The molecule has 122 valence electrons. The Bertz CT molecular complexity index is 997. The molecule has 1 aromatic carbocycles. The van der Waals surface area contributed by atoms with Crippen LogP contribution >= 0.6 is 11.3 Å². The Labute approximate surface area is 141 Å². The number of rotatable bonds is 2. The molecule has 4 nitrogen and oxygen atoms in total. The molecule has 2 heterocycles. The van der Waals surface area contributed by atoms with Gasteiger partial charge in [-0.3, -0.25) is 4.79 Å². The summed E-state index contributed by atoms with van der Waals surface area (Å²) in [6, 6.07) is 8.24. The number of thiazole rings is 1. The number of aromatic nitrogens is 1. The smallest absolute Gasteiger partial charge is 0.252 e. The highest BCUT2D eigenvalue weighted by Crippen LogP contribution is 2.35. The van der Waals surface area contributed by atoms with E-state index in [4.69, 9.17) is 4.42 Å². The summed E-state index contributed by atoms with van der Waals surface area (Å²) >= 11 is 1.51. The second kappa shape index (κ2) is 5.87. The van der Waals surface area contributed by atoms with Gasteiger partial charge in [0, 0.05) is 23.9 Å². The standard InChI is InChI=1S/C18H15FN2O2S/c1-21-17-12-8-9-23-14(12)6-7-15(17)24-18(21)20-16(22)10-11-4-2-3-5-13(11)19/h2-5,8-9H,6-7,10H2,1H3. The molecular weight excluding hydrogens is 327 g/mol. The van der Waals surface area contributed by atoms with Crippen molar-refractivity contribution in [3.63, 3.8) is 0 Å². The van der Waals surface area contributed by atoms with Gasteiger partial charge in [0.15, 0.2) is 4.80 Å². The van der Waals surface area contributed by atoms with Crippen LogP contribution in [-0.4, -0.2) is 10.5 Å². The molecule has 0 unspecified atom stereocenters. The van der Waals surface area contributed by atoms with E-state index in [1.807, 2.05) is 17.7 Å². The molecule has 1 amide bonds. The molecular formula is C18H15FN2O2S. The van der Waals surface area contributed by atoms with Crippen LogP contribution in [0.25, 0.3) is 11.3 Å². The Morgan fingerprint density at radius 3 is 3.00 bits per heavy atom. The fourth-order valence-corrected chi connectivity index (χ4v) is 4.17. The largest absolute Gasteiger partial charge is 0.469 e. The van der Waals surface area contributed by atoms with E-state index in [-0.39, 0.29) is 18.1 Å². The number of nitrogens with zero attached hydrogens (tertiary/aromatic N) is 2. The summed E-state index contributed by atoms with van der Waals surface area (Å²) < 4.78 is 21.1. The van der Waals surface area contributed by atoms with Crippen molar-refractivity contribution in [1.29, 1.82) is 0 Å². The molecule has 1 aliphatic rings. The fraction of sp³-hybridized carbons (Fsp3) is 0.222. The summed E-state index contributed by atoms with van der Waals surface area (Å²) in [6.07, 6.45) is 3.40. The average molecular weight is 342 g/mol. The Morgan fingerprint density at radius 1 is 1.33 bits per heavy atom. The minimum Gasteiger partial charge on any atom is -0.469 e. The zero-order valence-electron chi connectivity index (χ0n) is 13.1. The van der Waals surface area contributed by atoms with Crippen molar-refractivity contribution in [2.75, 3.05) is 0 Å². The highest BCUT2D eigenvalue weighted by atomic mass is 32.1. The third-order valence-corrected chi connectivity index (χ3v) is 5.39. The van der Waals surface area contributed by atoms with E-state index in [1.165, 1.54) is 22.3 Å². The lowest BCUT2D eigenvalue weighted by molar-refractivity contribution is -0.117. The van der Waals surface area contributed by atoms with E-state index >= 15 is 0 Å². The van der Waals surface area contributed by atoms with Crippen LogP contribution in [0.2, 0.25) is 0 Å². The van der Waals surface area contributed by atoms with Crippen molar-refractivity contribution in [1.82, 2.24) is 4.57 Å². The lowest BCUT2D eigenvalue weighted by atomic mass is 10.0. The number of carbonyl (C=O) groups is 1. The molecule has 0 fully saturated rings. The first kappa shape index (κ1) is 15.1. The van der Waals surface area contributed by atoms with Gasteiger partial charge < -0.3 is 8.98 Å². The number of fused-ring (bicyclic) bond motifs is 3. The molecule has 6 heteroatoms. The van der Waals surface area contributed by atoms with Crippen LogP contribution in [0.1, 0.15) is 16.2 Å². The maximum absolute atomic E-state index is 13.7. The average Bonchev–Trinajstić information content (AvgIpc) is 3.14. The van der Waals surface area contributed by atoms with Crippen LogP contribution in [0.15, 0.2) is 46.0 Å². The Morgan fingerprint density at radius 2 is 2.17 bits per heavy atom. The van der Waals surface area contributed by atoms with Gasteiger partial charge in [-0.15, -0.1) is 11.3 Å². The van der Waals surface area contributed by atoms with Gasteiger partial charge in [0.25, 0.3) is 5.91 Å². The molecule has 2 aromatic heterocycles. The van der Waals surface area contributed by atoms with Crippen LogP contribution in [0.5, 0.6) is 0 Å². The topological polar surface area (TPSA) is 47.5 Å². The minimum atomic E-state index is -0.376. The zero-order chi connectivity index (χ0) is 16.7. The first-order chi connectivity index (χ1) is 11.6. The number of carbonyl (C=O) groups excluding carboxylic acids is 1. The van der Waals surface area contributed by atoms with Crippen molar-refractivity contribution in [3.8, 4) is 11.3 Å². The SMILES string of the molecule is Cn1c2c(sc1=NC(=O)Cc1ccccc1F)CCc1occc1-2. The van der Waals surface area contributed by atoms with Crippen LogP contribution in [0, 0.1) is 5.82 Å². The van der Waals surface area contributed by atoms with E-state index in [1.54, 1.807) is 24.5 Å². The summed E-state index contributed by atoms with van der Waals surface area (Å²) in [4.78, 5) is 18.3. The fourth-order valence-electron chi connectivity index (χ4n) is 3.03. The number of benzene rings is 1. The molecule has 24 heavy (non-hydrogen) atoms. The lowest BCUT2D eigenvalue weighted by Gasteiger charge is -2.11. The number of hydrogen-bond acceptors (Lipinski definition) is 3. The first-order valence-corrected chi connectivity index (χ1v) is 8.51. The Kier molecular flexibility index (Phi) is 3.69. The molecule has 0 saturated heterocycles. The van der Waals surface area contributed by atoms with Gasteiger partial charge in [0.2, 0.25) is 0 Å². The summed E-state index contributed by atoms with van der Waals surface area (Å²) in [6.45, 7) is 0. The highest BCUT2D eigenvalue weighted by molar-refractivity contribution is 7.09. The first-order valence-electron chi connectivity index (χ1n) is 7.70. The van der Waals surface area contributed by atoms with Gasteiger partial charge in [0.05, 0.1) is 18.4 Å². The second-order valence-electron chi connectivity index (χ2n) is 5.75. The predicted molar refractivity (Wildman–Crippen MR) is 89.1 cm³/mol. The molecule has 0 atom stereocenters. The summed E-state index contributed by atoms with van der Waals surface area (Å²) in [5.41, 5.74) is 2.50. The maximum atomic E-state index is 13.7. The van der Waals surface area contributed by atoms with Gasteiger partial charge in [-0.25, -0.2) is 4.39 Å². The summed E-state index contributed by atoms with van der Waals surface area (Å²) in [7, 11) is 1.90. The molecule has 0 saturated carbocycles. The molecule has 0 N–H and O–H groups in total. The van der Waals surface area contributed by atoms with Gasteiger partial charge in [-0.05, 0) is 24.1 Å². The number of aryl methyl sites for hydroxylation is 2. The predicted octanol–water partition coefficient (Wildman–Crippen LogP) is 3.25. The molecule has 4 rings (SSSR count). The third-order valence-electron chi connectivity index (χ3n) is 4.20. The second-order valence-corrected chi connectivity index (χ2v) is 6.81. The Hall–Kier alpha value is -2.47. The van der Waals surface area contributed by atoms with Crippen molar-refractivity contribution >= 4 is 17.2 Å². The number of hydrogen-bond donors (Lipinski definition) is 0. The molecule has 1 aliphatic carbocycles. The van der Waals surface area contributed by atoms with Crippen LogP contribution in [0.3, 0.4) is 0 Å². The number of furan rings is 1. The maximum Gasteiger partial charge on any atom is 0.252 e. The number of halogens is 1. The summed E-state index contributed by atoms with van der Waals surface area (Å²) in [5.74, 6) is 0.251. The highest BCUT2D eigenvalue weighted by Gasteiger charge is 2.23. The molecule has 0 spiro atoms. The van der Waals surface area contributed by atoms with Crippen molar-refractivity contribution < 1.29 is 13.6 Å². The quantitative estimate of drug-likeness (QED) is 0.718. The van der Waals surface area contributed by atoms with Crippen LogP contribution in [0.4, 0.5) is 4.39 Å². The van der Waals surface area contributed by atoms with Crippen molar-refractivity contribution in [3.05, 3.63) is 63.4 Å². The molecule has 0 aliphatic heterocycles. The molecule has 0 radical (unpaired) electrons. The third kappa shape index (κ3) is 2.53. The van der Waals surface area contributed by atoms with Crippen LogP contribution in [-0.2, 0) is 31.1 Å². The monoisotopic (exact) mass is 342 g/mol. The normalized spacial score (nSPS) is 13.7. The molecule has 0 bridgehead atoms. The van der Waals surface area contributed by atoms with Gasteiger partial charge in [0.1, 0.15) is 11.6 Å². The van der Waals surface area contributed by atoms with E-state index < -0.39 is 0 Å². The van der Waals surface area contributed by atoms with E-state index in [2.05, 4.69) is 4.99 Å².